The number of carbonyl (C=O) groups is 1. The Morgan fingerprint density at radius 1 is 1.43 bits per heavy atom. The lowest BCUT2D eigenvalue weighted by molar-refractivity contribution is -0.117. The van der Waals surface area contributed by atoms with Crippen molar-refractivity contribution in [3.05, 3.63) is 18.2 Å². The van der Waals surface area contributed by atoms with Gasteiger partial charge in [-0.3, -0.25) is 4.79 Å². The summed E-state index contributed by atoms with van der Waals surface area (Å²) in [5, 5.41) is 0. The highest BCUT2D eigenvalue weighted by molar-refractivity contribution is 7.89. The molecule has 7 heteroatoms. The van der Waals surface area contributed by atoms with E-state index in [9.17, 15) is 13.2 Å². The highest BCUT2D eigenvalue weighted by atomic mass is 32.2. The van der Waals surface area contributed by atoms with Gasteiger partial charge in [-0.1, -0.05) is 13.3 Å². The van der Waals surface area contributed by atoms with Crippen LogP contribution in [0.1, 0.15) is 33.6 Å². The molecule has 0 bridgehead atoms. The normalized spacial score (nSPS) is 17.8. The molecule has 0 N–H and O–H groups in total. The van der Waals surface area contributed by atoms with E-state index >= 15 is 0 Å². The second-order valence-electron chi connectivity index (χ2n) is 5.87. The van der Waals surface area contributed by atoms with Gasteiger partial charge in [-0.2, -0.15) is 0 Å². The van der Waals surface area contributed by atoms with E-state index in [1.165, 1.54) is 23.4 Å². The highest BCUT2D eigenvalue weighted by Crippen LogP contribution is 2.36. The van der Waals surface area contributed by atoms with E-state index in [2.05, 4.69) is 0 Å². The van der Waals surface area contributed by atoms with Crippen molar-refractivity contribution in [3.8, 4) is 5.75 Å². The van der Waals surface area contributed by atoms with Gasteiger partial charge in [0.25, 0.3) is 0 Å². The van der Waals surface area contributed by atoms with Crippen LogP contribution >= 0.6 is 0 Å². The van der Waals surface area contributed by atoms with Crippen LogP contribution in [-0.2, 0) is 14.8 Å². The third-order valence-corrected chi connectivity index (χ3v) is 5.76. The van der Waals surface area contributed by atoms with Gasteiger partial charge in [0.05, 0.1) is 17.1 Å². The minimum Gasteiger partial charge on any atom is -0.487 e. The number of carbonyl (C=O) groups excluding carboxylic acids is 1. The fraction of sp³-hybridized carbons (Fsp3) is 0.562. The second-order valence-corrected chi connectivity index (χ2v) is 7.91. The number of amides is 1. The molecule has 1 amide bonds. The Hall–Kier alpha value is -1.60. The standard InChI is InChI=1S/C16H24N2O4S/c1-5-6-9-17(4)23(20,21)14-7-8-16-15(10-14)18(13(3)19)11-12(2)22-16/h7-8,10,12H,5-6,9,11H2,1-4H3. The summed E-state index contributed by atoms with van der Waals surface area (Å²) >= 11 is 0. The minimum atomic E-state index is -3.57. The van der Waals surface area contributed by atoms with Crippen molar-refractivity contribution in [3.63, 3.8) is 0 Å². The maximum absolute atomic E-state index is 12.6. The maximum Gasteiger partial charge on any atom is 0.242 e. The van der Waals surface area contributed by atoms with Gasteiger partial charge in [0.1, 0.15) is 11.9 Å². The predicted octanol–water partition coefficient (Wildman–Crippen LogP) is 2.24. The Morgan fingerprint density at radius 2 is 2.13 bits per heavy atom. The Morgan fingerprint density at radius 3 is 2.74 bits per heavy atom. The van der Waals surface area contributed by atoms with Gasteiger partial charge < -0.3 is 9.64 Å². The summed E-state index contributed by atoms with van der Waals surface area (Å²) in [6.07, 6.45) is 1.61. The zero-order valence-electron chi connectivity index (χ0n) is 14.1. The van der Waals surface area contributed by atoms with E-state index in [4.69, 9.17) is 4.74 Å². The van der Waals surface area contributed by atoms with Crippen LogP contribution in [0.25, 0.3) is 0 Å². The van der Waals surface area contributed by atoms with Crippen LogP contribution in [0.2, 0.25) is 0 Å². The molecule has 0 saturated heterocycles. The van der Waals surface area contributed by atoms with Gasteiger partial charge in [0, 0.05) is 20.5 Å². The molecular formula is C16H24N2O4S. The largest absolute Gasteiger partial charge is 0.487 e. The highest BCUT2D eigenvalue weighted by Gasteiger charge is 2.29. The van der Waals surface area contributed by atoms with E-state index in [0.29, 0.717) is 24.5 Å². The van der Waals surface area contributed by atoms with Crippen LogP contribution in [0.4, 0.5) is 5.69 Å². The van der Waals surface area contributed by atoms with Crippen LogP contribution in [0.5, 0.6) is 5.75 Å². The van der Waals surface area contributed by atoms with Gasteiger partial charge in [0.15, 0.2) is 0 Å². The van der Waals surface area contributed by atoms with Crippen molar-refractivity contribution in [1.29, 1.82) is 0 Å². The molecule has 1 aromatic carbocycles. The molecule has 1 unspecified atom stereocenters. The van der Waals surface area contributed by atoms with Crippen LogP contribution in [0.3, 0.4) is 0 Å². The molecule has 1 aromatic rings. The summed E-state index contributed by atoms with van der Waals surface area (Å²) in [5.41, 5.74) is 0.514. The number of sulfonamides is 1. The zero-order chi connectivity index (χ0) is 17.2. The van der Waals surface area contributed by atoms with E-state index in [0.717, 1.165) is 12.8 Å². The van der Waals surface area contributed by atoms with E-state index in [-0.39, 0.29) is 16.9 Å². The molecule has 1 atom stereocenters. The molecule has 0 spiro atoms. The third kappa shape index (κ3) is 3.67. The second kappa shape index (κ2) is 6.88. The van der Waals surface area contributed by atoms with Crippen LogP contribution < -0.4 is 9.64 Å². The van der Waals surface area contributed by atoms with Crippen molar-refractivity contribution < 1.29 is 17.9 Å². The molecule has 0 fully saturated rings. The number of unbranched alkanes of at least 4 members (excludes halogenated alkanes) is 1. The first-order valence-corrected chi connectivity index (χ1v) is 9.26. The number of benzene rings is 1. The average molecular weight is 340 g/mol. The van der Waals surface area contributed by atoms with Crippen molar-refractivity contribution >= 4 is 21.6 Å². The maximum atomic E-state index is 12.6. The quantitative estimate of drug-likeness (QED) is 0.824. The molecule has 6 nitrogen and oxygen atoms in total. The summed E-state index contributed by atoms with van der Waals surface area (Å²) in [5.74, 6) is 0.407. The molecule has 2 rings (SSSR count). The summed E-state index contributed by atoms with van der Waals surface area (Å²) < 4.78 is 32.3. The van der Waals surface area contributed by atoms with E-state index < -0.39 is 10.0 Å². The fourth-order valence-electron chi connectivity index (χ4n) is 2.56. The van der Waals surface area contributed by atoms with Gasteiger partial charge in [-0.25, -0.2) is 12.7 Å². The lowest BCUT2D eigenvalue weighted by atomic mass is 10.2. The zero-order valence-corrected chi connectivity index (χ0v) is 14.9. The summed E-state index contributed by atoms with van der Waals surface area (Å²) in [4.78, 5) is 13.6. The van der Waals surface area contributed by atoms with Gasteiger partial charge in [-0.15, -0.1) is 0 Å². The first-order chi connectivity index (χ1) is 10.8. The Kier molecular flexibility index (Phi) is 5.31. The van der Waals surface area contributed by atoms with E-state index in [1.807, 2.05) is 13.8 Å². The Labute approximate surface area is 138 Å². The number of hydrogen-bond acceptors (Lipinski definition) is 4. The number of hydrogen-bond donors (Lipinski definition) is 0. The molecule has 1 aliphatic heterocycles. The lowest BCUT2D eigenvalue weighted by Gasteiger charge is -2.33. The van der Waals surface area contributed by atoms with Crippen molar-refractivity contribution in [2.24, 2.45) is 0 Å². The van der Waals surface area contributed by atoms with Gasteiger partial charge >= 0.3 is 0 Å². The predicted molar refractivity (Wildman–Crippen MR) is 89.3 cm³/mol. The molecule has 0 saturated carbocycles. The molecule has 23 heavy (non-hydrogen) atoms. The number of rotatable bonds is 5. The summed E-state index contributed by atoms with van der Waals surface area (Å²) in [7, 11) is -1.99. The number of ether oxygens (including phenoxy) is 1. The Balaban J connectivity index is 2.40. The minimum absolute atomic E-state index is 0.124. The molecule has 1 aliphatic rings. The lowest BCUT2D eigenvalue weighted by Crippen LogP contribution is -2.41. The molecular weight excluding hydrogens is 316 g/mol. The fourth-order valence-corrected chi connectivity index (χ4v) is 3.79. The van der Waals surface area contributed by atoms with Crippen LogP contribution in [-0.4, -0.2) is 44.9 Å². The van der Waals surface area contributed by atoms with Crippen molar-refractivity contribution in [2.45, 2.75) is 44.6 Å². The van der Waals surface area contributed by atoms with Gasteiger partial charge in [0.2, 0.25) is 15.9 Å². The first-order valence-electron chi connectivity index (χ1n) is 7.82. The SMILES string of the molecule is CCCCN(C)S(=O)(=O)c1ccc2c(c1)N(C(C)=O)CC(C)O2. The number of nitrogens with zero attached hydrogens (tertiary/aromatic N) is 2. The molecule has 0 aliphatic carbocycles. The monoisotopic (exact) mass is 340 g/mol. The first kappa shape index (κ1) is 17.7. The van der Waals surface area contributed by atoms with Crippen molar-refractivity contribution in [2.75, 3.05) is 25.0 Å². The van der Waals surface area contributed by atoms with E-state index in [1.54, 1.807) is 18.0 Å². The molecule has 0 radical (unpaired) electrons. The molecule has 1 heterocycles. The molecule has 0 aromatic heterocycles. The smallest absolute Gasteiger partial charge is 0.242 e. The third-order valence-electron chi connectivity index (χ3n) is 3.90. The molecule has 128 valence electrons. The summed E-state index contributed by atoms with van der Waals surface area (Å²) in [6.45, 7) is 6.25. The topological polar surface area (TPSA) is 66.9 Å². The van der Waals surface area contributed by atoms with Crippen LogP contribution in [0.15, 0.2) is 23.1 Å². The number of fused-ring (bicyclic) bond motifs is 1. The summed E-state index contributed by atoms with van der Waals surface area (Å²) in [6, 6.07) is 4.69. The van der Waals surface area contributed by atoms with Gasteiger partial charge in [-0.05, 0) is 31.5 Å². The Bertz CT molecular complexity index is 687. The number of anilines is 1. The average Bonchev–Trinajstić information content (AvgIpc) is 2.50. The van der Waals surface area contributed by atoms with Crippen molar-refractivity contribution in [1.82, 2.24) is 4.31 Å². The van der Waals surface area contributed by atoms with Crippen LogP contribution in [0, 0.1) is 0 Å².